The van der Waals surface area contributed by atoms with E-state index in [0.29, 0.717) is 32.7 Å². The van der Waals surface area contributed by atoms with Gasteiger partial charge in [0.1, 0.15) is 17.2 Å². The van der Waals surface area contributed by atoms with E-state index in [-0.39, 0.29) is 18.7 Å². The third-order valence-electron chi connectivity index (χ3n) is 5.24. The summed E-state index contributed by atoms with van der Waals surface area (Å²) in [5.41, 5.74) is 3.32. The van der Waals surface area contributed by atoms with E-state index in [2.05, 4.69) is 16.3 Å². The largest absolute Gasteiger partial charge is 0.492 e. The summed E-state index contributed by atoms with van der Waals surface area (Å²) in [5, 5.41) is 13.8. The maximum absolute atomic E-state index is 11.9. The second kappa shape index (κ2) is 7.00. The molecule has 28 heavy (non-hydrogen) atoms. The number of rotatable bonds is 4. The van der Waals surface area contributed by atoms with Crippen molar-refractivity contribution >= 4 is 22.1 Å². The van der Waals surface area contributed by atoms with Gasteiger partial charge in [0.2, 0.25) is 12.5 Å². The molecule has 8 heteroatoms. The van der Waals surface area contributed by atoms with Gasteiger partial charge in [0.05, 0.1) is 17.6 Å². The molecule has 0 spiro atoms. The third-order valence-corrected chi connectivity index (χ3v) is 6.57. The first-order valence-corrected chi connectivity index (χ1v) is 9.78. The van der Waals surface area contributed by atoms with Crippen molar-refractivity contribution in [2.75, 3.05) is 32.8 Å². The van der Waals surface area contributed by atoms with Crippen molar-refractivity contribution in [2.24, 2.45) is 0 Å². The number of methoxy groups -OCH3 is 1. The van der Waals surface area contributed by atoms with E-state index in [1.807, 2.05) is 20.0 Å². The quantitative estimate of drug-likeness (QED) is 0.788. The van der Waals surface area contributed by atoms with Crippen LogP contribution in [0, 0.1) is 18.3 Å². The molecule has 7 nitrogen and oxygen atoms in total. The van der Waals surface area contributed by atoms with Crippen molar-refractivity contribution in [3.63, 3.8) is 0 Å². The topological polar surface area (TPSA) is 83.8 Å². The van der Waals surface area contributed by atoms with Gasteiger partial charge in [-0.05, 0) is 44.5 Å². The van der Waals surface area contributed by atoms with Crippen molar-refractivity contribution in [3.8, 4) is 23.3 Å². The van der Waals surface area contributed by atoms with Gasteiger partial charge in [0.15, 0.2) is 17.3 Å². The average molecular weight is 399 g/mol. The lowest BCUT2D eigenvalue weighted by molar-refractivity contribution is 0.102. The van der Waals surface area contributed by atoms with Gasteiger partial charge in [0.25, 0.3) is 0 Å². The molecule has 1 aromatic heterocycles. The summed E-state index contributed by atoms with van der Waals surface area (Å²) in [7, 11) is 3.64. The maximum atomic E-state index is 11.9. The number of ketones is 1. The summed E-state index contributed by atoms with van der Waals surface area (Å²) in [6.45, 7) is 4.34. The highest BCUT2D eigenvalue weighted by molar-refractivity contribution is 7.18. The average Bonchev–Trinajstić information content (AvgIpc) is 3.26. The lowest BCUT2D eigenvalue weighted by Gasteiger charge is -2.36. The molecule has 1 N–H and O–H groups in total. The number of ether oxygens (including phenoxy) is 3. The van der Waals surface area contributed by atoms with E-state index >= 15 is 0 Å². The highest BCUT2D eigenvalue weighted by atomic mass is 32.1. The van der Waals surface area contributed by atoms with Crippen molar-refractivity contribution in [1.82, 2.24) is 4.90 Å². The smallest absolute Gasteiger partial charge is 0.231 e. The van der Waals surface area contributed by atoms with Crippen LogP contribution in [0.1, 0.15) is 45.0 Å². The van der Waals surface area contributed by atoms with Crippen LogP contribution >= 0.6 is 11.3 Å². The number of anilines is 1. The minimum Gasteiger partial charge on any atom is -0.492 e. The molecule has 0 amide bonds. The third kappa shape index (κ3) is 2.79. The van der Waals surface area contributed by atoms with Crippen LogP contribution in [0.2, 0.25) is 0 Å². The number of nitrogens with one attached hydrogen (secondary N) is 1. The van der Waals surface area contributed by atoms with Crippen LogP contribution in [0.4, 0.5) is 5.00 Å². The fourth-order valence-electron chi connectivity index (χ4n) is 3.83. The van der Waals surface area contributed by atoms with E-state index in [1.165, 1.54) is 18.3 Å². The molecular weight excluding hydrogens is 378 g/mol. The molecule has 1 atom stereocenters. The molecule has 1 aromatic carbocycles. The van der Waals surface area contributed by atoms with Crippen LogP contribution in [0.5, 0.6) is 17.2 Å². The van der Waals surface area contributed by atoms with E-state index in [0.717, 1.165) is 29.7 Å². The summed E-state index contributed by atoms with van der Waals surface area (Å²) in [6, 6.07) is 4.25. The lowest BCUT2D eigenvalue weighted by Crippen LogP contribution is -2.37. The molecular formula is C20H21N3O4S. The molecule has 0 bridgehead atoms. The number of carbonyl (C=O) groups is 1. The van der Waals surface area contributed by atoms with Gasteiger partial charge in [-0.1, -0.05) is 0 Å². The second-order valence-corrected chi connectivity index (χ2v) is 7.94. The molecule has 2 aliphatic rings. The predicted octanol–water partition coefficient (Wildman–Crippen LogP) is 3.47. The molecule has 2 aromatic rings. The fraction of sp³-hybridized carbons (Fsp3) is 0.400. The number of hydrogen-bond donors (Lipinski definition) is 1. The van der Waals surface area contributed by atoms with E-state index in [9.17, 15) is 10.1 Å². The SMILES string of the molecule is COc1c2c(cc3c1C(Nc1sc(C(C)=O)c(C)c1C#N)N(C)CC3)OCO2. The Bertz CT molecular complexity index is 1010. The zero-order chi connectivity index (χ0) is 20.0. The Morgan fingerprint density at radius 1 is 1.46 bits per heavy atom. The minimum atomic E-state index is -0.224. The van der Waals surface area contributed by atoms with Crippen LogP contribution in [0.25, 0.3) is 0 Å². The van der Waals surface area contributed by atoms with Gasteiger partial charge in [-0.25, -0.2) is 0 Å². The number of benzene rings is 1. The summed E-state index contributed by atoms with van der Waals surface area (Å²) in [5.74, 6) is 1.91. The normalized spacial score (nSPS) is 17.8. The Hall–Kier alpha value is -2.76. The van der Waals surface area contributed by atoms with Crippen LogP contribution in [-0.4, -0.2) is 38.2 Å². The Balaban J connectivity index is 1.82. The number of fused-ring (bicyclic) bond motifs is 2. The molecule has 0 fully saturated rings. The molecule has 1 unspecified atom stereocenters. The predicted molar refractivity (Wildman–Crippen MR) is 106 cm³/mol. The highest BCUT2D eigenvalue weighted by Crippen LogP contribution is 2.50. The Labute approximate surface area is 167 Å². The van der Waals surface area contributed by atoms with E-state index < -0.39 is 0 Å². The monoisotopic (exact) mass is 399 g/mol. The molecule has 2 aliphatic heterocycles. The standard InChI is InChI=1S/C20H21N3O4S/c1-10-13(8-21)20(28-18(10)11(2)24)22-19-15-12(5-6-23(19)3)7-14-16(17(15)25-4)27-9-26-14/h7,19,22H,5-6,9H2,1-4H3. The van der Waals surface area contributed by atoms with Crippen LogP contribution in [0.15, 0.2) is 6.07 Å². The maximum Gasteiger partial charge on any atom is 0.231 e. The second-order valence-electron chi connectivity index (χ2n) is 6.92. The van der Waals surface area contributed by atoms with Crippen LogP contribution in [-0.2, 0) is 6.42 Å². The van der Waals surface area contributed by atoms with Gasteiger partial charge in [-0.2, -0.15) is 5.26 Å². The van der Waals surface area contributed by atoms with Crippen molar-refractivity contribution < 1.29 is 19.0 Å². The molecule has 4 rings (SSSR count). The minimum absolute atomic E-state index is 0.0367. The first-order chi connectivity index (χ1) is 13.5. The highest BCUT2D eigenvalue weighted by Gasteiger charge is 2.35. The fourth-order valence-corrected chi connectivity index (χ4v) is 4.90. The van der Waals surface area contributed by atoms with E-state index in [1.54, 1.807) is 7.11 Å². The molecule has 146 valence electrons. The number of nitriles is 1. The van der Waals surface area contributed by atoms with Gasteiger partial charge < -0.3 is 19.5 Å². The number of hydrogen-bond acceptors (Lipinski definition) is 8. The van der Waals surface area contributed by atoms with Gasteiger partial charge >= 0.3 is 0 Å². The molecule has 0 aliphatic carbocycles. The van der Waals surface area contributed by atoms with Crippen molar-refractivity contribution in [2.45, 2.75) is 26.4 Å². The zero-order valence-corrected chi connectivity index (χ0v) is 17.0. The van der Waals surface area contributed by atoms with Crippen molar-refractivity contribution in [3.05, 3.63) is 33.2 Å². The number of nitrogens with zero attached hydrogens (tertiary/aromatic N) is 2. The van der Waals surface area contributed by atoms with Crippen molar-refractivity contribution in [1.29, 1.82) is 5.26 Å². The Kier molecular flexibility index (Phi) is 4.65. The Morgan fingerprint density at radius 2 is 2.25 bits per heavy atom. The summed E-state index contributed by atoms with van der Waals surface area (Å²) < 4.78 is 16.9. The summed E-state index contributed by atoms with van der Waals surface area (Å²) in [4.78, 5) is 14.7. The van der Waals surface area contributed by atoms with Crippen LogP contribution in [0.3, 0.4) is 0 Å². The molecule has 0 saturated heterocycles. The number of thiophene rings is 1. The number of likely N-dealkylation sites (N-methyl/N-ethyl adjacent to an activating group) is 1. The Morgan fingerprint density at radius 3 is 2.93 bits per heavy atom. The molecule has 0 saturated carbocycles. The molecule has 3 heterocycles. The first kappa shape index (κ1) is 18.6. The summed E-state index contributed by atoms with van der Waals surface area (Å²) >= 11 is 1.32. The first-order valence-electron chi connectivity index (χ1n) is 8.96. The van der Waals surface area contributed by atoms with Gasteiger partial charge in [-0.3, -0.25) is 9.69 Å². The van der Waals surface area contributed by atoms with Gasteiger partial charge in [0, 0.05) is 12.1 Å². The van der Waals surface area contributed by atoms with Crippen LogP contribution < -0.4 is 19.5 Å². The number of carbonyl (C=O) groups excluding carboxylic acids is 1. The molecule has 0 radical (unpaired) electrons. The van der Waals surface area contributed by atoms with E-state index in [4.69, 9.17) is 14.2 Å². The zero-order valence-electron chi connectivity index (χ0n) is 16.2. The number of Topliss-reactive ketones (excluding diaryl/α,β-unsaturated/α-hetero) is 1. The summed E-state index contributed by atoms with van der Waals surface area (Å²) in [6.07, 6.45) is 0.628. The van der Waals surface area contributed by atoms with Gasteiger partial charge in [-0.15, -0.1) is 11.3 Å². The lowest BCUT2D eigenvalue weighted by atomic mass is 9.95.